The van der Waals surface area contributed by atoms with E-state index in [1.807, 2.05) is 38.1 Å². The largest absolute Gasteiger partial charge is 0.469 e. The molecule has 0 aromatic heterocycles. The molecule has 20 heavy (non-hydrogen) atoms. The van der Waals surface area contributed by atoms with Crippen LogP contribution in [0.5, 0.6) is 0 Å². The summed E-state index contributed by atoms with van der Waals surface area (Å²) in [7, 11) is 1.35. The molecular weight excluding hydrogens is 278 g/mol. The molecule has 5 heteroatoms. The van der Waals surface area contributed by atoms with Crippen molar-refractivity contribution in [3.8, 4) is 0 Å². The summed E-state index contributed by atoms with van der Waals surface area (Å²) in [6, 6.07) is 7.49. The summed E-state index contributed by atoms with van der Waals surface area (Å²) >= 11 is 5.92. The molecule has 1 heterocycles. The van der Waals surface area contributed by atoms with Crippen LogP contribution >= 0.6 is 11.6 Å². The SMILES string of the molecule is COC(=O)CC1(N)OC(C)(C)C[C@H]1c1ccc(Cl)cc1. The summed E-state index contributed by atoms with van der Waals surface area (Å²) in [6.45, 7) is 3.95. The van der Waals surface area contributed by atoms with Gasteiger partial charge >= 0.3 is 5.97 Å². The first-order chi connectivity index (χ1) is 9.26. The van der Waals surface area contributed by atoms with Crippen LogP contribution in [0.2, 0.25) is 5.02 Å². The number of halogens is 1. The van der Waals surface area contributed by atoms with Gasteiger partial charge in [-0.25, -0.2) is 0 Å². The van der Waals surface area contributed by atoms with Gasteiger partial charge in [0.05, 0.1) is 19.1 Å². The summed E-state index contributed by atoms with van der Waals surface area (Å²) in [4.78, 5) is 11.6. The van der Waals surface area contributed by atoms with E-state index in [1.54, 1.807) is 0 Å². The Morgan fingerprint density at radius 3 is 2.60 bits per heavy atom. The number of rotatable bonds is 3. The lowest BCUT2D eigenvalue weighted by molar-refractivity contribution is -0.152. The Morgan fingerprint density at radius 1 is 1.45 bits per heavy atom. The molecule has 1 aromatic carbocycles. The first-order valence-corrected chi connectivity index (χ1v) is 6.95. The van der Waals surface area contributed by atoms with Crippen molar-refractivity contribution >= 4 is 17.6 Å². The molecule has 1 fully saturated rings. The van der Waals surface area contributed by atoms with Gasteiger partial charge in [-0.3, -0.25) is 4.79 Å². The van der Waals surface area contributed by atoms with Crippen molar-refractivity contribution in [1.29, 1.82) is 0 Å². The molecule has 2 atom stereocenters. The second-order valence-electron chi connectivity index (χ2n) is 5.88. The van der Waals surface area contributed by atoms with Gasteiger partial charge in [-0.2, -0.15) is 0 Å². The first kappa shape index (κ1) is 15.3. The average Bonchev–Trinajstić information content (AvgIpc) is 2.60. The minimum Gasteiger partial charge on any atom is -0.469 e. The molecule has 1 aliphatic rings. The van der Waals surface area contributed by atoms with E-state index >= 15 is 0 Å². The van der Waals surface area contributed by atoms with Gasteiger partial charge in [0.25, 0.3) is 0 Å². The number of carbonyl (C=O) groups excluding carboxylic acids is 1. The van der Waals surface area contributed by atoms with E-state index in [1.165, 1.54) is 7.11 Å². The minimum absolute atomic E-state index is 0.0280. The molecule has 0 aliphatic carbocycles. The average molecular weight is 298 g/mol. The fourth-order valence-electron chi connectivity index (χ4n) is 2.84. The summed E-state index contributed by atoms with van der Waals surface area (Å²) in [6.07, 6.45) is 0.766. The van der Waals surface area contributed by atoms with Crippen LogP contribution in [0.1, 0.15) is 38.2 Å². The van der Waals surface area contributed by atoms with E-state index < -0.39 is 5.72 Å². The van der Waals surface area contributed by atoms with Crippen molar-refractivity contribution in [3.05, 3.63) is 34.9 Å². The fraction of sp³-hybridized carbons (Fsp3) is 0.533. The third-order valence-electron chi connectivity index (χ3n) is 3.67. The summed E-state index contributed by atoms with van der Waals surface area (Å²) in [5.41, 5.74) is 5.96. The number of hydrogen-bond donors (Lipinski definition) is 1. The Balaban J connectivity index is 2.32. The third kappa shape index (κ3) is 3.14. The van der Waals surface area contributed by atoms with Crippen LogP contribution in [0.4, 0.5) is 0 Å². The van der Waals surface area contributed by atoms with Crippen molar-refractivity contribution < 1.29 is 14.3 Å². The van der Waals surface area contributed by atoms with E-state index in [-0.39, 0.29) is 23.9 Å². The zero-order chi connectivity index (χ0) is 15.0. The number of esters is 1. The second-order valence-corrected chi connectivity index (χ2v) is 6.31. The monoisotopic (exact) mass is 297 g/mol. The lowest BCUT2D eigenvalue weighted by Crippen LogP contribution is -2.47. The van der Waals surface area contributed by atoms with Crippen molar-refractivity contribution in [3.63, 3.8) is 0 Å². The predicted octanol–water partition coefficient (Wildman–Crippen LogP) is 2.84. The zero-order valence-electron chi connectivity index (χ0n) is 12.0. The van der Waals surface area contributed by atoms with E-state index in [4.69, 9.17) is 26.8 Å². The molecule has 0 radical (unpaired) electrons. The molecule has 0 amide bonds. The molecule has 2 rings (SSSR count). The number of carbonyl (C=O) groups is 1. The maximum absolute atomic E-state index is 11.6. The summed E-state index contributed by atoms with van der Waals surface area (Å²) in [5, 5.41) is 0.669. The highest BCUT2D eigenvalue weighted by Crippen LogP contribution is 2.47. The van der Waals surface area contributed by atoms with Crippen molar-refractivity contribution in [2.45, 2.75) is 43.9 Å². The van der Waals surface area contributed by atoms with Crippen molar-refractivity contribution in [2.24, 2.45) is 5.73 Å². The van der Waals surface area contributed by atoms with E-state index in [0.717, 1.165) is 12.0 Å². The third-order valence-corrected chi connectivity index (χ3v) is 3.92. The zero-order valence-corrected chi connectivity index (χ0v) is 12.7. The molecule has 4 nitrogen and oxygen atoms in total. The summed E-state index contributed by atoms with van der Waals surface area (Å²) in [5.74, 6) is -0.446. The molecular formula is C15H20ClNO3. The van der Waals surface area contributed by atoms with Crippen molar-refractivity contribution in [2.75, 3.05) is 7.11 Å². The second kappa shape index (κ2) is 5.35. The Kier molecular flexibility index (Phi) is 4.09. The molecule has 0 bridgehead atoms. The minimum atomic E-state index is -1.05. The standard InChI is InChI=1S/C15H20ClNO3/c1-14(2)8-12(10-4-6-11(16)7-5-10)15(17,20-14)9-13(18)19-3/h4-7,12H,8-9,17H2,1-3H3/t12-,15?/m0/s1. The highest BCUT2D eigenvalue weighted by molar-refractivity contribution is 6.30. The van der Waals surface area contributed by atoms with Crippen LogP contribution in [0, 0.1) is 0 Å². The van der Waals surface area contributed by atoms with E-state index in [2.05, 4.69) is 0 Å². The van der Waals surface area contributed by atoms with Crippen LogP contribution in [0.15, 0.2) is 24.3 Å². The number of benzene rings is 1. The highest BCUT2D eigenvalue weighted by Gasteiger charge is 2.51. The Morgan fingerprint density at radius 2 is 2.05 bits per heavy atom. The van der Waals surface area contributed by atoms with Crippen LogP contribution in [-0.2, 0) is 14.3 Å². The lowest BCUT2D eigenvalue weighted by Gasteiger charge is -2.30. The lowest BCUT2D eigenvalue weighted by atomic mass is 9.83. The highest BCUT2D eigenvalue weighted by atomic mass is 35.5. The number of ether oxygens (including phenoxy) is 2. The first-order valence-electron chi connectivity index (χ1n) is 6.57. The fourth-order valence-corrected chi connectivity index (χ4v) is 2.97. The van der Waals surface area contributed by atoms with Crippen LogP contribution in [0.25, 0.3) is 0 Å². The van der Waals surface area contributed by atoms with Crippen molar-refractivity contribution in [1.82, 2.24) is 0 Å². The van der Waals surface area contributed by atoms with Gasteiger partial charge in [-0.15, -0.1) is 0 Å². The predicted molar refractivity (Wildman–Crippen MR) is 77.5 cm³/mol. The molecule has 2 N–H and O–H groups in total. The van der Waals surface area contributed by atoms with E-state index in [0.29, 0.717) is 5.02 Å². The normalized spacial score (nSPS) is 28.4. The van der Waals surface area contributed by atoms with Gasteiger partial charge in [-0.1, -0.05) is 23.7 Å². The van der Waals surface area contributed by atoms with Gasteiger partial charge in [0.1, 0.15) is 5.72 Å². The van der Waals surface area contributed by atoms with Gasteiger partial charge in [0.2, 0.25) is 0 Å². The number of methoxy groups -OCH3 is 1. The molecule has 1 aromatic rings. The number of nitrogens with two attached hydrogens (primary N) is 1. The van der Waals surface area contributed by atoms with Gasteiger partial charge in [0.15, 0.2) is 0 Å². The maximum Gasteiger partial charge on any atom is 0.309 e. The maximum atomic E-state index is 11.6. The Labute approximate surface area is 124 Å². The van der Waals surface area contributed by atoms with Gasteiger partial charge < -0.3 is 15.2 Å². The Hall–Kier alpha value is -1.10. The smallest absolute Gasteiger partial charge is 0.309 e. The summed E-state index contributed by atoms with van der Waals surface area (Å²) < 4.78 is 10.7. The Bertz CT molecular complexity index is 500. The molecule has 0 spiro atoms. The topological polar surface area (TPSA) is 61.5 Å². The van der Waals surface area contributed by atoms with Gasteiger partial charge in [0, 0.05) is 10.9 Å². The molecule has 1 aliphatic heterocycles. The molecule has 1 unspecified atom stereocenters. The molecule has 1 saturated heterocycles. The van der Waals surface area contributed by atoms with Gasteiger partial charge in [-0.05, 0) is 38.0 Å². The number of hydrogen-bond acceptors (Lipinski definition) is 4. The van der Waals surface area contributed by atoms with Crippen LogP contribution in [-0.4, -0.2) is 24.4 Å². The molecule has 110 valence electrons. The van der Waals surface area contributed by atoms with Crippen LogP contribution in [0.3, 0.4) is 0 Å². The van der Waals surface area contributed by atoms with E-state index in [9.17, 15) is 4.79 Å². The van der Waals surface area contributed by atoms with Crippen LogP contribution < -0.4 is 5.73 Å². The molecule has 0 saturated carbocycles. The quantitative estimate of drug-likeness (QED) is 0.872.